The predicted octanol–water partition coefficient (Wildman–Crippen LogP) is -6.14. The summed E-state index contributed by atoms with van der Waals surface area (Å²) in [6.45, 7) is 0. The van der Waals surface area contributed by atoms with Gasteiger partial charge in [0, 0.05) is 17.4 Å². The van der Waals surface area contributed by atoms with Gasteiger partial charge in [-0.15, -0.1) is 0 Å². The Kier molecular flexibility index (Phi) is 118. The first-order chi connectivity index (χ1) is 1.73. The zero-order valence-electron chi connectivity index (χ0n) is 4.34. The Labute approximate surface area is 78.7 Å². The molecular weight excluding hydrogens is 142 g/mol. The molecule has 0 aliphatic heterocycles. The summed E-state index contributed by atoms with van der Waals surface area (Å²) in [5.41, 5.74) is 0. The first kappa shape index (κ1) is 37.5. The Morgan fingerprint density at radius 3 is 1.38 bits per heavy atom. The van der Waals surface area contributed by atoms with Gasteiger partial charge in [0.15, 0.2) is 0 Å². The van der Waals surface area contributed by atoms with Gasteiger partial charge in [-0.2, -0.15) is 0 Å². The van der Waals surface area contributed by atoms with Crippen LogP contribution in [0.25, 0.3) is 0 Å². The Bertz CT molecular complexity index is 35.4. The fraction of sp³-hybridized carbons (Fsp3) is 0. The van der Waals surface area contributed by atoms with Crippen molar-refractivity contribution in [3.63, 3.8) is 0 Å². The molecule has 0 aromatic heterocycles. The van der Waals surface area contributed by atoms with Crippen LogP contribution in [0.5, 0.6) is 0 Å². The van der Waals surface area contributed by atoms with E-state index in [0.29, 0.717) is 0 Å². The summed E-state index contributed by atoms with van der Waals surface area (Å²) in [4.78, 5) is 8.44. The first-order valence-electron chi connectivity index (χ1n) is 0.632. The fourth-order valence-electron chi connectivity index (χ4n) is 0. The van der Waals surface area contributed by atoms with E-state index in [0.717, 1.165) is 0 Å². The standard InChI is InChI=1S/CH2O3.Al.Na.2H2O/c2-1(3)4;;;;/h(H2,2,3,4);;;2*1H2/q;;+1;;/p-1. The number of hydrogen-bond donors (Lipinski definition) is 1. The maximum Gasteiger partial charge on any atom is 1.00 e. The summed E-state index contributed by atoms with van der Waals surface area (Å²) in [6, 6.07) is 0. The molecule has 0 amide bonds. The van der Waals surface area contributed by atoms with Crippen LogP contribution >= 0.6 is 0 Å². The van der Waals surface area contributed by atoms with E-state index in [1.807, 2.05) is 0 Å². The van der Waals surface area contributed by atoms with Crippen molar-refractivity contribution in [1.82, 2.24) is 0 Å². The molecule has 0 unspecified atom stereocenters. The van der Waals surface area contributed by atoms with Crippen molar-refractivity contribution in [2.24, 2.45) is 0 Å². The summed E-state index contributed by atoms with van der Waals surface area (Å²) in [6.07, 6.45) is -2.08. The maximum atomic E-state index is 8.44. The molecule has 0 aliphatic rings. The summed E-state index contributed by atoms with van der Waals surface area (Å²) in [5.74, 6) is 0. The molecule has 0 heterocycles. The number of rotatable bonds is 0. The normalized spacial score (nSPS) is 3.00. The van der Waals surface area contributed by atoms with Crippen molar-refractivity contribution in [2.75, 3.05) is 0 Å². The monoisotopic (exact) mass is 147 g/mol. The molecular formula is CH5AlNaO5. The van der Waals surface area contributed by atoms with Crippen LogP contribution in [0.2, 0.25) is 0 Å². The van der Waals surface area contributed by atoms with Crippen molar-refractivity contribution < 1.29 is 55.5 Å². The Morgan fingerprint density at radius 1 is 1.38 bits per heavy atom. The topological polar surface area (TPSA) is 123 Å². The molecule has 0 aliphatic carbocycles. The largest absolute Gasteiger partial charge is 1.00 e. The molecule has 0 rings (SSSR count). The first-order valence-corrected chi connectivity index (χ1v) is 0.632. The van der Waals surface area contributed by atoms with Crippen molar-refractivity contribution in [1.29, 1.82) is 0 Å². The van der Waals surface area contributed by atoms with Crippen LogP contribution in [0.15, 0.2) is 0 Å². The van der Waals surface area contributed by atoms with Crippen LogP contribution < -0.4 is 34.7 Å². The summed E-state index contributed by atoms with van der Waals surface area (Å²) < 4.78 is 0. The minimum atomic E-state index is -2.08. The quantitative estimate of drug-likeness (QED) is 0.343. The van der Waals surface area contributed by atoms with Crippen molar-refractivity contribution in [3.05, 3.63) is 0 Å². The van der Waals surface area contributed by atoms with E-state index in [9.17, 15) is 0 Å². The van der Waals surface area contributed by atoms with Gasteiger partial charge in [0.2, 0.25) is 6.16 Å². The molecule has 0 atom stereocenters. The van der Waals surface area contributed by atoms with Gasteiger partial charge in [0.25, 0.3) is 0 Å². The summed E-state index contributed by atoms with van der Waals surface area (Å²) >= 11 is 0. The third-order valence-electron chi connectivity index (χ3n) is 0. The molecule has 7 heteroatoms. The Morgan fingerprint density at radius 2 is 1.38 bits per heavy atom. The van der Waals surface area contributed by atoms with E-state index >= 15 is 0 Å². The minimum absolute atomic E-state index is 0. The van der Waals surface area contributed by atoms with E-state index in [2.05, 4.69) is 0 Å². The molecule has 0 spiro atoms. The molecule has 8 heavy (non-hydrogen) atoms. The van der Waals surface area contributed by atoms with Gasteiger partial charge in [-0.25, -0.2) is 0 Å². The van der Waals surface area contributed by atoms with Gasteiger partial charge in [0.1, 0.15) is 0 Å². The third kappa shape index (κ3) is 422. The van der Waals surface area contributed by atoms with Gasteiger partial charge in [-0.05, 0) is 0 Å². The van der Waals surface area contributed by atoms with E-state index in [1.165, 1.54) is 0 Å². The second kappa shape index (κ2) is 25.2. The van der Waals surface area contributed by atoms with Gasteiger partial charge < -0.3 is 26.0 Å². The molecule has 0 fully saturated rings. The van der Waals surface area contributed by atoms with Crippen LogP contribution in [-0.4, -0.2) is 39.6 Å². The Hall–Kier alpha value is 0.722. The van der Waals surface area contributed by atoms with E-state index in [-0.39, 0.29) is 57.9 Å². The molecule has 0 saturated heterocycles. The van der Waals surface area contributed by atoms with Crippen LogP contribution in [0.3, 0.4) is 0 Å². The predicted molar refractivity (Wildman–Crippen MR) is 21.0 cm³/mol. The zero-order valence-corrected chi connectivity index (χ0v) is 7.50. The van der Waals surface area contributed by atoms with Crippen LogP contribution in [0.1, 0.15) is 0 Å². The van der Waals surface area contributed by atoms with Crippen molar-refractivity contribution in [3.8, 4) is 0 Å². The summed E-state index contributed by atoms with van der Waals surface area (Å²) in [5, 5.41) is 15.3. The van der Waals surface area contributed by atoms with Crippen LogP contribution in [0, 0.1) is 0 Å². The zero-order chi connectivity index (χ0) is 3.58. The second-order valence-corrected chi connectivity index (χ2v) is 0.266. The van der Waals surface area contributed by atoms with E-state index in [1.54, 1.807) is 0 Å². The van der Waals surface area contributed by atoms with Crippen molar-refractivity contribution in [2.45, 2.75) is 0 Å². The molecule has 0 aromatic carbocycles. The van der Waals surface area contributed by atoms with E-state index in [4.69, 9.17) is 15.0 Å². The minimum Gasteiger partial charge on any atom is -0.565 e. The molecule has 3 radical (unpaired) electrons. The average molecular weight is 147 g/mol. The molecule has 0 saturated carbocycles. The average Bonchev–Trinajstić information content (AvgIpc) is 0.811. The van der Waals surface area contributed by atoms with Crippen molar-refractivity contribution >= 4 is 23.5 Å². The number of carboxylic acid groups (broad SMARTS) is 2. The summed E-state index contributed by atoms with van der Waals surface area (Å²) in [7, 11) is 0. The van der Waals surface area contributed by atoms with Gasteiger partial charge >= 0.3 is 29.6 Å². The molecule has 0 aromatic rings. The fourth-order valence-corrected chi connectivity index (χ4v) is 0. The molecule has 0 bridgehead atoms. The van der Waals surface area contributed by atoms with Gasteiger partial charge in [-0.3, -0.25) is 0 Å². The van der Waals surface area contributed by atoms with Gasteiger partial charge in [0.05, 0.1) is 0 Å². The smallest absolute Gasteiger partial charge is 0.565 e. The molecule has 5 N–H and O–H groups in total. The number of hydrogen-bond acceptors (Lipinski definition) is 2. The second-order valence-electron chi connectivity index (χ2n) is 0.266. The van der Waals surface area contributed by atoms with Gasteiger partial charge in [-0.1, -0.05) is 0 Å². The molecule has 43 valence electrons. The van der Waals surface area contributed by atoms with E-state index < -0.39 is 6.16 Å². The van der Waals surface area contributed by atoms with Crippen LogP contribution in [-0.2, 0) is 0 Å². The number of carbonyl (C=O) groups is 1. The maximum absolute atomic E-state index is 8.44. The Balaban J connectivity index is -0.00000000750. The molecule has 5 nitrogen and oxygen atoms in total. The SMILES string of the molecule is O.O.O=C([O-])O.[Al].[Na+]. The van der Waals surface area contributed by atoms with Crippen LogP contribution in [0.4, 0.5) is 4.79 Å². The third-order valence-corrected chi connectivity index (χ3v) is 0.